The third-order valence-electron chi connectivity index (χ3n) is 7.18. The van der Waals surface area contributed by atoms with E-state index < -0.39 is 63.6 Å². The van der Waals surface area contributed by atoms with Crippen molar-refractivity contribution in [3.63, 3.8) is 0 Å². The molecule has 2 amide bonds. The molecular weight excluding hydrogens is 664 g/mol. The molecule has 0 radical (unpaired) electrons. The van der Waals surface area contributed by atoms with Gasteiger partial charge in [0.05, 0.1) is 33.4 Å². The third kappa shape index (κ3) is 7.36. The number of nitrogens with one attached hydrogen (secondary N) is 1. The van der Waals surface area contributed by atoms with Gasteiger partial charge in [-0.15, -0.1) is 11.8 Å². The van der Waals surface area contributed by atoms with Crippen LogP contribution in [0.25, 0.3) is 0 Å². The summed E-state index contributed by atoms with van der Waals surface area (Å²) in [7, 11) is 3.53. The highest BCUT2D eigenvalue weighted by Gasteiger charge is 2.55. The van der Waals surface area contributed by atoms with Crippen LogP contribution in [0.3, 0.4) is 0 Å². The van der Waals surface area contributed by atoms with Crippen molar-refractivity contribution in [2.75, 3.05) is 38.7 Å². The van der Waals surface area contributed by atoms with Gasteiger partial charge in [0.15, 0.2) is 10.9 Å². The minimum absolute atomic E-state index is 0.0174. The number of pyridine rings is 1. The Balaban J connectivity index is 1.52. The smallest absolute Gasteiger partial charge is 0.352 e. The van der Waals surface area contributed by atoms with Gasteiger partial charge < -0.3 is 45.4 Å². The molecule has 7 N–H and O–H groups in total. The Labute approximate surface area is 273 Å². The molecule has 2 atom stereocenters. The van der Waals surface area contributed by atoms with Crippen LogP contribution in [0.4, 0.5) is 5.13 Å². The molecule has 0 spiro atoms. The van der Waals surface area contributed by atoms with Gasteiger partial charge in [-0.25, -0.2) is 14.4 Å². The Hall–Kier alpha value is -5.02. The van der Waals surface area contributed by atoms with Gasteiger partial charge in [-0.2, -0.15) is 9.36 Å². The Morgan fingerprint density at radius 1 is 1.19 bits per heavy atom. The second kappa shape index (κ2) is 13.0. The van der Waals surface area contributed by atoms with Crippen LogP contribution in [-0.4, -0.2) is 129 Å². The number of nitrogen functional groups attached to an aromatic ring is 1. The zero-order chi connectivity index (χ0) is 35.0. The van der Waals surface area contributed by atoms with Crippen LogP contribution < -0.4 is 16.5 Å². The molecule has 47 heavy (non-hydrogen) atoms. The fourth-order valence-corrected chi connectivity index (χ4v) is 6.40. The number of carboxylic acids is 3. The van der Waals surface area contributed by atoms with Crippen LogP contribution in [0.5, 0.6) is 5.75 Å². The number of aromatic nitrogens is 3. The number of fused-ring (bicyclic) bond motifs is 1. The number of anilines is 1. The van der Waals surface area contributed by atoms with Crippen LogP contribution in [0.1, 0.15) is 30.2 Å². The van der Waals surface area contributed by atoms with Crippen molar-refractivity contribution in [3.05, 3.63) is 45.3 Å². The molecule has 2 aliphatic heterocycles. The highest BCUT2D eigenvalue weighted by Crippen LogP contribution is 2.41. The van der Waals surface area contributed by atoms with Crippen LogP contribution in [-0.2, 0) is 30.6 Å². The number of aliphatic carboxylic acids is 2. The van der Waals surface area contributed by atoms with Crippen molar-refractivity contribution >= 4 is 63.9 Å². The first kappa shape index (κ1) is 34.8. The third-order valence-corrected chi connectivity index (χ3v) is 9.06. The molecule has 0 aromatic carbocycles. The maximum atomic E-state index is 13.3. The lowest BCUT2D eigenvalue weighted by Gasteiger charge is -2.49. The maximum Gasteiger partial charge on any atom is 0.352 e. The van der Waals surface area contributed by atoms with Gasteiger partial charge in [-0.1, -0.05) is 5.16 Å². The van der Waals surface area contributed by atoms with Crippen molar-refractivity contribution in [2.24, 2.45) is 5.16 Å². The summed E-state index contributed by atoms with van der Waals surface area (Å²) in [6.45, 7) is 2.84. The zero-order valence-corrected chi connectivity index (χ0v) is 27.0. The second-order valence-electron chi connectivity index (χ2n) is 11.6. The lowest BCUT2D eigenvalue weighted by Crippen LogP contribution is -2.71. The number of likely N-dealkylation sites (N-methyl/N-ethyl adjacent to an activating group) is 1. The quantitative estimate of drug-likeness (QED) is 0.0620. The summed E-state index contributed by atoms with van der Waals surface area (Å²) in [4.78, 5) is 83.8. The van der Waals surface area contributed by atoms with Crippen molar-refractivity contribution < 1.29 is 53.7 Å². The molecule has 4 rings (SSSR count). The van der Waals surface area contributed by atoms with Gasteiger partial charge >= 0.3 is 17.9 Å². The standard InChI is InChI=1S/C26H30N8O11S2/c1-26(2,24(43)44)45-30-15(18-29-25(27)47-31-18)19(37)28-16-20(38)33-17(23(41)42)11(10-46-21(16)33)9-34(3,4)6-5-32-8-14(36)13(35)7-12(32)22(39)40/h7-8,16,21H,5-6,9-10H2,1-4H3,(H6-,27,28,29,31,36,37,39,40,41,42,43,44)/p+1/t16-,21+/m1/s1. The highest BCUT2D eigenvalue weighted by molar-refractivity contribution is 8.00. The number of carboxylic acid groups (broad SMARTS) is 3. The van der Waals surface area contributed by atoms with Gasteiger partial charge in [-0.3, -0.25) is 19.3 Å². The average Bonchev–Trinajstić information content (AvgIpc) is 3.41. The monoisotopic (exact) mass is 695 g/mol. The van der Waals surface area contributed by atoms with E-state index in [0.717, 1.165) is 28.7 Å². The topological polar surface area (TPSA) is 277 Å². The minimum atomic E-state index is -1.83. The van der Waals surface area contributed by atoms with E-state index in [-0.39, 0.29) is 52.2 Å². The lowest BCUT2D eigenvalue weighted by molar-refractivity contribution is -0.886. The molecule has 1 saturated heterocycles. The number of carbonyl (C=O) groups is 5. The number of oxime groups is 1. The van der Waals surface area contributed by atoms with E-state index in [4.69, 9.17) is 10.6 Å². The van der Waals surface area contributed by atoms with Gasteiger partial charge in [0.25, 0.3) is 11.8 Å². The molecule has 0 unspecified atom stereocenters. The van der Waals surface area contributed by atoms with Crippen LogP contribution in [0, 0.1) is 0 Å². The molecule has 4 heterocycles. The summed E-state index contributed by atoms with van der Waals surface area (Å²) in [6, 6.07) is -0.366. The van der Waals surface area contributed by atoms with E-state index in [1.54, 1.807) is 14.1 Å². The Morgan fingerprint density at radius 3 is 2.45 bits per heavy atom. The lowest BCUT2D eigenvalue weighted by atomic mass is 10.0. The summed E-state index contributed by atoms with van der Waals surface area (Å²) in [6.07, 6.45) is 1.02. The predicted octanol–water partition coefficient (Wildman–Crippen LogP) is -1.22. The molecule has 0 bridgehead atoms. The van der Waals surface area contributed by atoms with Crippen LogP contribution in [0.15, 0.2) is 33.5 Å². The number of β-lactam (4-membered cyclic amide) rings is 1. The number of rotatable bonds is 13. The number of hydrogen-bond acceptors (Lipinski definition) is 14. The molecule has 0 aliphatic carbocycles. The number of amides is 2. The van der Waals surface area contributed by atoms with Gasteiger partial charge in [0.2, 0.25) is 22.6 Å². The molecule has 21 heteroatoms. The number of quaternary nitrogens is 1. The SMILES string of the molecule is CC(C)(ON=C(C(=O)N[C@@H]1C(=O)N2C(C(=O)O)=C(C[N+](C)(C)CCn3cc(O)c(=O)cc3C(=O)O)CS[C@@H]12)c1nsc(N)n1)C(=O)O. The molecule has 2 aromatic heterocycles. The van der Waals surface area contributed by atoms with E-state index in [1.807, 2.05) is 0 Å². The van der Waals surface area contributed by atoms with Crippen LogP contribution in [0.2, 0.25) is 0 Å². The fourth-order valence-electron chi connectivity index (χ4n) is 4.63. The van der Waals surface area contributed by atoms with Gasteiger partial charge in [-0.05, 0) is 13.8 Å². The fraction of sp³-hybridized carbons (Fsp3) is 0.423. The summed E-state index contributed by atoms with van der Waals surface area (Å²) >= 11 is 1.95. The summed E-state index contributed by atoms with van der Waals surface area (Å²) in [5.74, 6) is -6.53. The number of nitrogens with two attached hydrogens (primary N) is 1. The van der Waals surface area contributed by atoms with Crippen molar-refractivity contribution in [2.45, 2.75) is 37.4 Å². The number of aromatic carboxylic acids is 1. The van der Waals surface area contributed by atoms with Gasteiger partial charge in [0, 0.05) is 28.9 Å². The normalized spacial score (nSPS) is 18.3. The van der Waals surface area contributed by atoms with Gasteiger partial charge in [0.1, 0.15) is 29.4 Å². The van der Waals surface area contributed by atoms with E-state index in [0.29, 0.717) is 5.57 Å². The second-order valence-corrected chi connectivity index (χ2v) is 13.5. The van der Waals surface area contributed by atoms with E-state index >= 15 is 0 Å². The molecular formula is C26H31N8O11S2+. The van der Waals surface area contributed by atoms with E-state index in [2.05, 4.69) is 19.8 Å². The number of thioether (sulfide) groups is 1. The van der Waals surface area contributed by atoms with Crippen LogP contribution >= 0.6 is 23.3 Å². The first-order valence-electron chi connectivity index (χ1n) is 13.6. The molecule has 2 aromatic rings. The number of nitrogens with zero attached hydrogens (tertiary/aromatic N) is 6. The highest BCUT2D eigenvalue weighted by atomic mass is 32.2. The zero-order valence-electron chi connectivity index (χ0n) is 25.4. The summed E-state index contributed by atoms with van der Waals surface area (Å²) < 4.78 is 5.26. The average molecular weight is 696 g/mol. The van der Waals surface area contributed by atoms with Crippen molar-refractivity contribution in [3.8, 4) is 5.75 Å². The van der Waals surface area contributed by atoms with E-state index in [1.165, 1.54) is 30.2 Å². The molecule has 1 fully saturated rings. The first-order chi connectivity index (χ1) is 21.8. The molecule has 0 saturated carbocycles. The number of carbonyl (C=O) groups excluding carboxylic acids is 2. The Morgan fingerprint density at radius 2 is 1.87 bits per heavy atom. The van der Waals surface area contributed by atoms with Crippen molar-refractivity contribution in [1.82, 2.24) is 24.1 Å². The molecule has 252 valence electrons. The number of aromatic hydroxyl groups is 1. The largest absolute Gasteiger partial charge is 0.503 e. The van der Waals surface area contributed by atoms with E-state index in [9.17, 15) is 49.2 Å². The van der Waals surface area contributed by atoms with Crippen molar-refractivity contribution in [1.29, 1.82) is 0 Å². The maximum absolute atomic E-state index is 13.3. The molecule has 2 aliphatic rings. The first-order valence-corrected chi connectivity index (χ1v) is 15.4. The summed E-state index contributed by atoms with van der Waals surface area (Å²) in [5, 5.41) is 44.0. The Bertz CT molecular complexity index is 1780. The number of hydrogen-bond donors (Lipinski definition) is 6. The Kier molecular flexibility index (Phi) is 9.64. The minimum Gasteiger partial charge on any atom is -0.503 e. The summed E-state index contributed by atoms with van der Waals surface area (Å²) in [5.41, 5.74) is 2.24. The molecule has 19 nitrogen and oxygen atoms in total. The predicted molar refractivity (Wildman–Crippen MR) is 165 cm³/mol.